The summed E-state index contributed by atoms with van der Waals surface area (Å²) in [7, 11) is 1.82. The first-order chi connectivity index (χ1) is 10.4. The maximum atomic E-state index is 5.65. The minimum Gasteiger partial charge on any atom is -0.379 e. The van der Waals surface area contributed by atoms with Crippen LogP contribution in [0.3, 0.4) is 0 Å². The second kappa shape index (κ2) is 12.7. The van der Waals surface area contributed by atoms with Gasteiger partial charge in [-0.15, -0.1) is 24.0 Å². The third-order valence-corrected chi connectivity index (χ3v) is 5.23. The average molecular weight is 443 g/mol. The number of hydrogen-bond donors (Lipinski definition) is 2. The van der Waals surface area contributed by atoms with E-state index >= 15 is 0 Å². The topological polar surface area (TPSA) is 54.9 Å². The summed E-state index contributed by atoms with van der Waals surface area (Å²) in [4.78, 5) is 4.25. The van der Waals surface area contributed by atoms with E-state index in [2.05, 4.69) is 27.4 Å². The summed E-state index contributed by atoms with van der Waals surface area (Å²) >= 11 is 2.06. The Morgan fingerprint density at radius 1 is 1.32 bits per heavy atom. The number of ether oxygens (including phenoxy) is 2. The number of nitrogens with one attached hydrogen (secondary N) is 2. The van der Waals surface area contributed by atoms with Gasteiger partial charge in [-0.05, 0) is 37.9 Å². The van der Waals surface area contributed by atoms with Crippen molar-refractivity contribution in [1.82, 2.24) is 10.6 Å². The van der Waals surface area contributed by atoms with E-state index < -0.39 is 0 Å². The van der Waals surface area contributed by atoms with Gasteiger partial charge in [0.2, 0.25) is 0 Å². The zero-order chi connectivity index (χ0) is 14.8. The molecule has 0 aromatic rings. The molecular weight excluding hydrogens is 413 g/mol. The molecule has 2 unspecified atom stereocenters. The Hall–Kier alpha value is 0.270. The predicted molar refractivity (Wildman–Crippen MR) is 105 cm³/mol. The van der Waals surface area contributed by atoms with Crippen LogP contribution in [-0.2, 0) is 9.47 Å². The molecule has 2 atom stereocenters. The first kappa shape index (κ1) is 20.3. The van der Waals surface area contributed by atoms with Gasteiger partial charge in [-0.1, -0.05) is 0 Å². The normalized spacial score (nSPS) is 25.0. The number of hydrogen-bond acceptors (Lipinski definition) is 4. The molecule has 2 aliphatic heterocycles. The predicted octanol–water partition coefficient (Wildman–Crippen LogP) is 2.25. The first-order valence-corrected chi connectivity index (χ1v) is 9.19. The van der Waals surface area contributed by atoms with Gasteiger partial charge >= 0.3 is 0 Å². The van der Waals surface area contributed by atoms with Gasteiger partial charge in [0.25, 0.3) is 0 Å². The lowest BCUT2D eigenvalue weighted by molar-refractivity contribution is 0.0168. The van der Waals surface area contributed by atoms with Gasteiger partial charge < -0.3 is 20.1 Å². The van der Waals surface area contributed by atoms with Crippen LogP contribution in [0.4, 0.5) is 0 Å². The highest BCUT2D eigenvalue weighted by Crippen LogP contribution is 2.25. The Bertz CT molecular complexity index is 309. The van der Waals surface area contributed by atoms with Gasteiger partial charge in [0, 0.05) is 38.6 Å². The van der Waals surface area contributed by atoms with E-state index in [-0.39, 0.29) is 24.0 Å². The quantitative estimate of drug-likeness (QED) is 0.261. The van der Waals surface area contributed by atoms with Crippen LogP contribution in [0.2, 0.25) is 0 Å². The zero-order valence-electron chi connectivity index (χ0n) is 13.5. The second-order valence-corrected chi connectivity index (χ2v) is 6.99. The van der Waals surface area contributed by atoms with Crippen LogP contribution in [0.25, 0.3) is 0 Å². The zero-order valence-corrected chi connectivity index (χ0v) is 16.7. The van der Waals surface area contributed by atoms with Crippen molar-refractivity contribution < 1.29 is 9.47 Å². The summed E-state index contributed by atoms with van der Waals surface area (Å²) in [5.41, 5.74) is 0. The molecule has 2 rings (SSSR count). The van der Waals surface area contributed by atoms with E-state index in [9.17, 15) is 0 Å². The maximum Gasteiger partial charge on any atom is 0.191 e. The molecule has 0 aromatic carbocycles. The summed E-state index contributed by atoms with van der Waals surface area (Å²) in [5.74, 6) is 2.21. The summed E-state index contributed by atoms with van der Waals surface area (Å²) in [6, 6.07) is 0. The molecule has 0 amide bonds. The Morgan fingerprint density at radius 3 is 2.91 bits per heavy atom. The van der Waals surface area contributed by atoms with Crippen LogP contribution in [0.1, 0.15) is 32.1 Å². The highest BCUT2D eigenvalue weighted by atomic mass is 127. The van der Waals surface area contributed by atoms with E-state index in [1.807, 2.05) is 7.05 Å². The number of rotatable bonds is 8. The molecule has 2 fully saturated rings. The molecule has 2 heterocycles. The van der Waals surface area contributed by atoms with E-state index in [0.29, 0.717) is 6.10 Å². The summed E-state index contributed by atoms with van der Waals surface area (Å²) < 4.78 is 11.2. The molecule has 2 saturated heterocycles. The molecule has 0 spiro atoms. The SMILES string of the molecule is CN=C(NCCCOCC1CCCO1)NCC1CCCS1.I. The van der Waals surface area contributed by atoms with Gasteiger partial charge in [0.1, 0.15) is 0 Å². The molecule has 5 nitrogen and oxygen atoms in total. The third kappa shape index (κ3) is 8.21. The fourth-order valence-electron chi connectivity index (χ4n) is 2.61. The average Bonchev–Trinajstić information content (AvgIpc) is 3.19. The van der Waals surface area contributed by atoms with Crippen molar-refractivity contribution in [2.45, 2.75) is 43.5 Å². The molecule has 7 heteroatoms. The fraction of sp³-hybridized carbons (Fsp3) is 0.933. The van der Waals surface area contributed by atoms with Crippen molar-refractivity contribution >= 4 is 41.7 Å². The van der Waals surface area contributed by atoms with E-state index in [4.69, 9.17) is 9.47 Å². The van der Waals surface area contributed by atoms with Crippen LogP contribution < -0.4 is 10.6 Å². The third-order valence-electron chi connectivity index (χ3n) is 3.83. The van der Waals surface area contributed by atoms with E-state index in [1.54, 1.807) is 0 Å². The van der Waals surface area contributed by atoms with Crippen molar-refractivity contribution in [2.75, 3.05) is 45.7 Å². The van der Waals surface area contributed by atoms with Crippen molar-refractivity contribution in [3.05, 3.63) is 0 Å². The van der Waals surface area contributed by atoms with Crippen molar-refractivity contribution in [1.29, 1.82) is 0 Å². The number of nitrogens with zero attached hydrogens (tertiary/aromatic N) is 1. The molecule has 0 aliphatic carbocycles. The van der Waals surface area contributed by atoms with Crippen LogP contribution in [0.15, 0.2) is 4.99 Å². The molecule has 130 valence electrons. The fourth-order valence-corrected chi connectivity index (χ4v) is 3.81. The Labute approximate surface area is 155 Å². The van der Waals surface area contributed by atoms with Crippen molar-refractivity contribution in [3.8, 4) is 0 Å². The molecular formula is C15H30IN3O2S. The first-order valence-electron chi connectivity index (χ1n) is 8.14. The maximum absolute atomic E-state index is 5.65. The molecule has 0 bridgehead atoms. The van der Waals surface area contributed by atoms with Crippen LogP contribution in [0.5, 0.6) is 0 Å². The highest BCUT2D eigenvalue weighted by molar-refractivity contribution is 14.0. The van der Waals surface area contributed by atoms with Gasteiger partial charge in [0.05, 0.1) is 12.7 Å². The van der Waals surface area contributed by atoms with Crippen LogP contribution in [-0.4, -0.2) is 63.0 Å². The molecule has 0 saturated carbocycles. The number of halogens is 1. The smallest absolute Gasteiger partial charge is 0.191 e. The van der Waals surface area contributed by atoms with Crippen LogP contribution in [0, 0.1) is 0 Å². The molecule has 0 aromatic heterocycles. The number of aliphatic imine (C=N–C) groups is 1. The monoisotopic (exact) mass is 443 g/mol. The Balaban J connectivity index is 0.00000242. The summed E-state index contributed by atoms with van der Waals surface area (Å²) in [6.45, 7) is 4.33. The highest BCUT2D eigenvalue weighted by Gasteiger charge is 2.16. The molecule has 2 N–H and O–H groups in total. The minimum absolute atomic E-state index is 0. The largest absolute Gasteiger partial charge is 0.379 e. The Kier molecular flexibility index (Phi) is 11.7. The van der Waals surface area contributed by atoms with E-state index in [1.165, 1.54) is 25.0 Å². The van der Waals surface area contributed by atoms with Gasteiger partial charge in [-0.3, -0.25) is 4.99 Å². The van der Waals surface area contributed by atoms with Gasteiger partial charge in [-0.2, -0.15) is 11.8 Å². The van der Waals surface area contributed by atoms with E-state index in [0.717, 1.165) is 57.0 Å². The lowest BCUT2D eigenvalue weighted by Gasteiger charge is -2.15. The lowest BCUT2D eigenvalue weighted by atomic mass is 10.2. The molecule has 2 aliphatic rings. The summed E-state index contributed by atoms with van der Waals surface area (Å²) in [5, 5.41) is 7.49. The van der Waals surface area contributed by atoms with Gasteiger partial charge in [-0.25, -0.2) is 0 Å². The number of guanidine groups is 1. The van der Waals surface area contributed by atoms with Gasteiger partial charge in [0.15, 0.2) is 5.96 Å². The standard InChI is InChI=1S/C15H29N3O2S.HI/c1-16-15(18-11-14-6-3-10-21-14)17-7-4-8-19-12-13-5-2-9-20-13;/h13-14H,2-12H2,1H3,(H2,16,17,18);1H. The lowest BCUT2D eigenvalue weighted by Crippen LogP contribution is -2.40. The molecule has 22 heavy (non-hydrogen) atoms. The Morgan fingerprint density at radius 2 is 2.23 bits per heavy atom. The van der Waals surface area contributed by atoms with Crippen molar-refractivity contribution in [2.24, 2.45) is 4.99 Å². The number of thioether (sulfide) groups is 1. The summed E-state index contributed by atoms with van der Waals surface area (Å²) in [6.07, 6.45) is 6.32. The minimum atomic E-state index is 0. The van der Waals surface area contributed by atoms with Crippen LogP contribution >= 0.6 is 35.7 Å². The van der Waals surface area contributed by atoms with Crippen molar-refractivity contribution in [3.63, 3.8) is 0 Å². The molecule has 0 radical (unpaired) electrons. The second-order valence-electron chi connectivity index (χ2n) is 5.58.